The van der Waals surface area contributed by atoms with Crippen molar-refractivity contribution < 1.29 is 14.7 Å². The second-order valence-electron chi connectivity index (χ2n) is 7.85. The molecule has 2 aliphatic rings. The highest BCUT2D eigenvalue weighted by molar-refractivity contribution is 5.92. The van der Waals surface area contributed by atoms with Gasteiger partial charge in [-0.25, -0.2) is 0 Å². The van der Waals surface area contributed by atoms with Gasteiger partial charge in [-0.1, -0.05) is 19.9 Å². The molecule has 2 fully saturated rings. The smallest absolute Gasteiger partial charge is 0.272 e. The van der Waals surface area contributed by atoms with Crippen LogP contribution in [0.2, 0.25) is 0 Å². The second kappa shape index (κ2) is 8.16. The predicted molar refractivity (Wildman–Crippen MR) is 98.3 cm³/mol. The van der Waals surface area contributed by atoms with Gasteiger partial charge in [-0.2, -0.15) is 0 Å². The molecule has 2 aliphatic heterocycles. The van der Waals surface area contributed by atoms with Crippen molar-refractivity contribution in [3.8, 4) is 0 Å². The Morgan fingerprint density at radius 2 is 1.92 bits per heavy atom. The number of aliphatic hydroxyl groups is 1. The van der Waals surface area contributed by atoms with Crippen molar-refractivity contribution in [3.63, 3.8) is 0 Å². The Balaban J connectivity index is 1.62. The van der Waals surface area contributed by atoms with Gasteiger partial charge in [0, 0.05) is 50.8 Å². The maximum atomic E-state index is 12.7. The molecule has 2 amide bonds. The van der Waals surface area contributed by atoms with E-state index in [2.05, 4.69) is 4.98 Å². The number of rotatable bonds is 4. The third-order valence-electron chi connectivity index (χ3n) is 5.85. The largest absolute Gasteiger partial charge is 0.396 e. The van der Waals surface area contributed by atoms with Crippen LogP contribution in [0.3, 0.4) is 0 Å². The van der Waals surface area contributed by atoms with Crippen molar-refractivity contribution in [1.29, 1.82) is 0 Å². The highest BCUT2D eigenvalue weighted by Crippen LogP contribution is 2.36. The zero-order valence-electron chi connectivity index (χ0n) is 15.7. The molecule has 0 radical (unpaired) electrons. The number of carbonyl (C=O) groups is 2. The number of hydrogen-bond donors (Lipinski definition) is 1. The molecule has 2 saturated heterocycles. The Labute approximate surface area is 155 Å². The summed E-state index contributed by atoms with van der Waals surface area (Å²) in [4.78, 5) is 32.8. The number of pyridine rings is 1. The van der Waals surface area contributed by atoms with Crippen LogP contribution in [0, 0.1) is 23.7 Å². The van der Waals surface area contributed by atoms with Crippen LogP contribution in [0.15, 0.2) is 24.4 Å². The van der Waals surface area contributed by atoms with Gasteiger partial charge in [0.25, 0.3) is 5.91 Å². The molecular weight excluding hydrogens is 330 g/mol. The monoisotopic (exact) mass is 359 g/mol. The highest BCUT2D eigenvalue weighted by atomic mass is 16.3. The lowest BCUT2D eigenvalue weighted by atomic mass is 9.78. The Morgan fingerprint density at radius 3 is 2.50 bits per heavy atom. The zero-order valence-corrected chi connectivity index (χ0v) is 15.7. The lowest BCUT2D eigenvalue weighted by molar-refractivity contribution is -0.136. The first-order valence-electron chi connectivity index (χ1n) is 9.61. The number of piperidine rings is 1. The quantitative estimate of drug-likeness (QED) is 0.887. The first-order valence-corrected chi connectivity index (χ1v) is 9.61. The molecular formula is C20H29N3O3. The van der Waals surface area contributed by atoms with Gasteiger partial charge in [0.1, 0.15) is 5.69 Å². The number of carbonyl (C=O) groups excluding carboxylic acids is 2. The van der Waals surface area contributed by atoms with Gasteiger partial charge in [-0.15, -0.1) is 0 Å². The van der Waals surface area contributed by atoms with E-state index in [9.17, 15) is 14.7 Å². The Kier molecular flexibility index (Phi) is 5.91. The fourth-order valence-electron chi connectivity index (χ4n) is 4.35. The van der Waals surface area contributed by atoms with Crippen LogP contribution >= 0.6 is 0 Å². The molecule has 0 aromatic carbocycles. The number of hydrogen-bond acceptors (Lipinski definition) is 4. The molecule has 2 atom stereocenters. The summed E-state index contributed by atoms with van der Waals surface area (Å²) in [6.07, 6.45) is 3.53. The van der Waals surface area contributed by atoms with Gasteiger partial charge >= 0.3 is 0 Å². The summed E-state index contributed by atoms with van der Waals surface area (Å²) in [7, 11) is 0. The van der Waals surface area contributed by atoms with E-state index in [-0.39, 0.29) is 30.3 Å². The van der Waals surface area contributed by atoms with Crippen molar-refractivity contribution in [2.24, 2.45) is 23.7 Å². The van der Waals surface area contributed by atoms with E-state index in [0.29, 0.717) is 30.6 Å². The first kappa shape index (κ1) is 18.8. The summed E-state index contributed by atoms with van der Waals surface area (Å²) in [5.74, 6) is 1.06. The van der Waals surface area contributed by atoms with Crippen LogP contribution in [0.25, 0.3) is 0 Å². The maximum Gasteiger partial charge on any atom is 0.272 e. The zero-order chi connectivity index (χ0) is 18.7. The van der Waals surface area contributed by atoms with Crippen LogP contribution in [-0.2, 0) is 4.79 Å². The minimum absolute atomic E-state index is 0.0368. The average molecular weight is 359 g/mol. The molecule has 0 spiro atoms. The Morgan fingerprint density at radius 1 is 1.19 bits per heavy atom. The summed E-state index contributed by atoms with van der Waals surface area (Å²) in [6, 6.07) is 5.35. The molecule has 3 rings (SSSR count). The van der Waals surface area contributed by atoms with E-state index >= 15 is 0 Å². The van der Waals surface area contributed by atoms with Gasteiger partial charge in [0.2, 0.25) is 5.91 Å². The van der Waals surface area contributed by atoms with Crippen molar-refractivity contribution >= 4 is 11.8 Å². The average Bonchev–Trinajstić information content (AvgIpc) is 3.12. The standard InChI is InChI=1S/C20H29N3O3/c1-14(2)19(25)22-9-6-15(7-10-22)17-12-23(11-16(17)13-24)20(26)18-5-3-4-8-21-18/h3-5,8,14-17,24H,6-7,9-13H2,1-2H3/t16-,17-/m0/s1. The van der Waals surface area contributed by atoms with E-state index in [1.807, 2.05) is 29.7 Å². The van der Waals surface area contributed by atoms with Crippen molar-refractivity contribution in [2.45, 2.75) is 26.7 Å². The summed E-state index contributed by atoms with van der Waals surface area (Å²) in [5, 5.41) is 9.83. The van der Waals surface area contributed by atoms with Crippen LogP contribution in [-0.4, -0.2) is 64.5 Å². The van der Waals surface area contributed by atoms with E-state index < -0.39 is 0 Å². The van der Waals surface area contributed by atoms with Crippen LogP contribution in [0.1, 0.15) is 37.2 Å². The van der Waals surface area contributed by atoms with E-state index in [1.54, 1.807) is 18.3 Å². The predicted octanol–water partition coefficient (Wildman–Crippen LogP) is 1.66. The molecule has 26 heavy (non-hydrogen) atoms. The molecule has 1 aromatic heterocycles. The topological polar surface area (TPSA) is 73.7 Å². The van der Waals surface area contributed by atoms with Gasteiger partial charge in [-0.05, 0) is 36.8 Å². The van der Waals surface area contributed by atoms with E-state index in [0.717, 1.165) is 25.9 Å². The molecule has 1 aromatic rings. The summed E-state index contributed by atoms with van der Waals surface area (Å²) in [5.41, 5.74) is 0.460. The Bertz CT molecular complexity index is 626. The third-order valence-corrected chi connectivity index (χ3v) is 5.85. The molecule has 6 nitrogen and oxygen atoms in total. The minimum Gasteiger partial charge on any atom is -0.396 e. The van der Waals surface area contributed by atoms with Gasteiger partial charge in [0.05, 0.1) is 0 Å². The van der Waals surface area contributed by atoms with Gasteiger partial charge in [-0.3, -0.25) is 14.6 Å². The van der Waals surface area contributed by atoms with Gasteiger partial charge in [0.15, 0.2) is 0 Å². The number of aromatic nitrogens is 1. The molecule has 142 valence electrons. The van der Waals surface area contributed by atoms with Crippen LogP contribution < -0.4 is 0 Å². The molecule has 0 aliphatic carbocycles. The molecule has 0 bridgehead atoms. The summed E-state index contributed by atoms with van der Waals surface area (Å²) < 4.78 is 0. The minimum atomic E-state index is -0.0565. The molecule has 0 saturated carbocycles. The third kappa shape index (κ3) is 3.90. The van der Waals surface area contributed by atoms with Crippen molar-refractivity contribution in [2.75, 3.05) is 32.8 Å². The van der Waals surface area contributed by atoms with E-state index in [4.69, 9.17) is 0 Å². The second-order valence-corrected chi connectivity index (χ2v) is 7.85. The van der Waals surface area contributed by atoms with Crippen LogP contribution in [0.4, 0.5) is 0 Å². The molecule has 3 heterocycles. The fourth-order valence-corrected chi connectivity index (χ4v) is 4.35. The maximum absolute atomic E-state index is 12.7. The fraction of sp³-hybridized carbons (Fsp3) is 0.650. The number of aliphatic hydroxyl groups excluding tert-OH is 1. The lowest BCUT2D eigenvalue weighted by Crippen LogP contribution is -2.43. The SMILES string of the molecule is CC(C)C(=O)N1CCC([C@@H]2CN(C(=O)c3ccccn3)C[C@H]2CO)CC1. The molecule has 1 N–H and O–H groups in total. The van der Waals surface area contributed by atoms with Crippen molar-refractivity contribution in [3.05, 3.63) is 30.1 Å². The number of nitrogens with zero attached hydrogens (tertiary/aromatic N) is 3. The first-order chi connectivity index (χ1) is 12.5. The van der Waals surface area contributed by atoms with Crippen molar-refractivity contribution in [1.82, 2.24) is 14.8 Å². The number of amides is 2. The Hall–Kier alpha value is -1.95. The van der Waals surface area contributed by atoms with Gasteiger partial charge < -0.3 is 14.9 Å². The normalized spacial score (nSPS) is 24.3. The summed E-state index contributed by atoms with van der Waals surface area (Å²) in [6.45, 7) is 6.80. The summed E-state index contributed by atoms with van der Waals surface area (Å²) >= 11 is 0. The lowest BCUT2D eigenvalue weighted by Gasteiger charge is -2.37. The van der Waals surface area contributed by atoms with E-state index in [1.165, 1.54) is 0 Å². The van der Waals surface area contributed by atoms with Crippen LogP contribution in [0.5, 0.6) is 0 Å². The molecule has 0 unspecified atom stereocenters. The number of likely N-dealkylation sites (tertiary alicyclic amines) is 2. The highest BCUT2D eigenvalue weighted by Gasteiger charge is 2.41. The molecule has 6 heteroatoms.